The van der Waals surface area contributed by atoms with Crippen molar-refractivity contribution in [3.63, 3.8) is 0 Å². The van der Waals surface area contributed by atoms with E-state index in [2.05, 4.69) is 4.37 Å². The molecule has 1 aromatic rings. The van der Waals surface area contributed by atoms with Crippen molar-refractivity contribution in [1.29, 1.82) is 0 Å². The van der Waals surface area contributed by atoms with Crippen molar-refractivity contribution in [2.75, 3.05) is 7.11 Å². The Labute approximate surface area is 87.3 Å². The molecule has 14 heavy (non-hydrogen) atoms. The number of ketones is 1. The van der Waals surface area contributed by atoms with Gasteiger partial charge in [-0.1, -0.05) is 0 Å². The molecule has 1 heterocycles. The monoisotopic (exact) mass is 211 g/mol. The van der Waals surface area contributed by atoms with Crippen molar-refractivity contribution in [2.24, 2.45) is 0 Å². The number of methoxy groups -OCH3 is 1. The van der Waals surface area contributed by atoms with E-state index in [-0.39, 0.29) is 0 Å². The molecule has 1 aliphatic rings. The molecule has 1 atom stereocenters. The standard InChI is InChI=1S/C10H13NO2S/c1-13-10-6-9(14-11-10)7-3-2-4-8(12)5-7/h6-7H,2-5H2,1H3. The van der Waals surface area contributed by atoms with Crippen LogP contribution in [0.2, 0.25) is 0 Å². The number of carbonyl (C=O) groups excluding carboxylic acids is 1. The van der Waals surface area contributed by atoms with Crippen molar-refractivity contribution in [3.8, 4) is 5.88 Å². The Morgan fingerprint density at radius 2 is 2.50 bits per heavy atom. The molecule has 0 saturated heterocycles. The number of aromatic nitrogens is 1. The van der Waals surface area contributed by atoms with Gasteiger partial charge in [-0.25, -0.2) is 0 Å². The van der Waals surface area contributed by atoms with Crippen molar-refractivity contribution >= 4 is 17.3 Å². The predicted molar refractivity (Wildman–Crippen MR) is 54.9 cm³/mol. The van der Waals surface area contributed by atoms with Crippen LogP contribution in [0.5, 0.6) is 5.88 Å². The minimum Gasteiger partial charge on any atom is -0.480 e. The van der Waals surface area contributed by atoms with E-state index in [1.165, 1.54) is 16.4 Å². The largest absolute Gasteiger partial charge is 0.480 e. The highest BCUT2D eigenvalue weighted by Crippen LogP contribution is 2.34. The molecular formula is C10H13NO2S. The Bertz CT molecular complexity index is 335. The third kappa shape index (κ3) is 1.95. The molecule has 0 radical (unpaired) electrons. The molecule has 4 heteroatoms. The number of hydrogen-bond donors (Lipinski definition) is 0. The average molecular weight is 211 g/mol. The van der Waals surface area contributed by atoms with Gasteiger partial charge in [0.05, 0.1) is 7.11 Å². The van der Waals surface area contributed by atoms with E-state index in [0.29, 0.717) is 24.0 Å². The summed E-state index contributed by atoms with van der Waals surface area (Å²) >= 11 is 1.46. The lowest BCUT2D eigenvalue weighted by atomic mass is 9.87. The molecule has 0 amide bonds. The molecule has 1 fully saturated rings. The fourth-order valence-electron chi connectivity index (χ4n) is 1.83. The van der Waals surface area contributed by atoms with Crippen LogP contribution in [0.3, 0.4) is 0 Å². The van der Waals surface area contributed by atoms with Crippen molar-refractivity contribution in [3.05, 3.63) is 10.9 Å². The topological polar surface area (TPSA) is 39.2 Å². The summed E-state index contributed by atoms with van der Waals surface area (Å²) < 4.78 is 9.17. The van der Waals surface area contributed by atoms with Crippen molar-refractivity contribution in [1.82, 2.24) is 4.37 Å². The average Bonchev–Trinajstić information content (AvgIpc) is 2.66. The summed E-state index contributed by atoms with van der Waals surface area (Å²) in [4.78, 5) is 12.5. The first-order valence-corrected chi connectivity index (χ1v) is 5.59. The zero-order valence-corrected chi connectivity index (χ0v) is 8.97. The number of rotatable bonds is 2. The molecule has 3 nitrogen and oxygen atoms in total. The van der Waals surface area contributed by atoms with Gasteiger partial charge in [-0.3, -0.25) is 4.79 Å². The zero-order chi connectivity index (χ0) is 9.97. The van der Waals surface area contributed by atoms with E-state index >= 15 is 0 Å². The Morgan fingerprint density at radius 1 is 1.64 bits per heavy atom. The molecule has 1 aromatic heterocycles. The SMILES string of the molecule is COc1cc(C2CCCC(=O)C2)sn1. The van der Waals surface area contributed by atoms with Crippen molar-refractivity contribution in [2.45, 2.75) is 31.6 Å². The van der Waals surface area contributed by atoms with E-state index in [1.807, 2.05) is 6.07 Å². The van der Waals surface area contributed by atoms with Crippen LogP contribution in [-0.4, -0.2) is 17.3 Å². The van der Waals surface area contributed by atoms with Crippen LogP contribution in [0.25, 0.3) is 0 Å². The normalized spacial score (nSPS) is 22.4. The fourth-order valence-corrected chi connectivity index (χ4v) is 2.65. The summed E-state index contributed by atoms with van der Waals surface area (Å²) in [5.41, 5.74) is 0. The van der Waals surface area contributed by atoms with E-state index in [9.17, 15) is 4.79 Å². The number of ether oxygens (including phenoxy) is 1. The number of hydrogen-bond acceptors (Lipinski definition) is 4. The van der Waals surface area contributed by atoms with Gasteiger partial charge in [-0.2, -0.15) is 4.37 Å². The maximum absolute atomic E-state index is 11.3. The number of Topliss-reactive ketones (excluding diaryl/α,β-unsaturated/α-hetero) is 1. The molecule has 76 valence electrons. The first-order chi connectivity index (χ1) is 6.79. The minimum atomic E-state index is 0.383. The highest BCUT2D eigenvalue weighted by atomic mass is 32.1. The number of nitrogens with zero attached hydrogens (tertiary/aromatic N) is 1. The number of carbonyl (C=O) groups is 1. The highest BCUT2D eigenvalue weighted by Gasteiger charge is 2.22. The van der Waals surface area contributed by atoms with Gasteiger partial charge in [-0.15, -0.1) is 0 Å². The predicted octanol–water partition coefficient (Wildman–Crippen LogP) is 2.38. The Kier molecular flexibility index (Phi) is 2.82. The summed E-state index contributed by atoms with van der Waals surface area (Å²) in [6.45, 7) is 0. The van der Waals surface area contributed by atoms with Gasteiger partial charge < -0.3 is 4.74 Å². The van der Waals surface area contributed by atoms with E-state index in [4.69, 9.17) is 4.74 Å². The zero-order valence-electron chi connectivity index (χ0n) is 8.16. The molecule has 0 bridgehead atoms. The van der Waals surface area contributed by atoms with Crippen LogP contribution < -0.4 is 4.74 Å². The summed E-state index contributed by atoms with van der Waals surface area (Å²) in [6.07, 6.45) is 3.57. The maximum atomic E-state index is 11.3. The van der Waals surface area contributed by atoms with Crippen LogP contribution in [0.15, 0.2) is 6.07 Å². The highest BCUT2D eigenvalue weighted by molar-refractivity contribution is 7.06. The van der Waals surface area contributed by atoms with Gasteiger partial charge in [0.25, 0.3) is 0 Å². The second-order valence-corrected chi connectivity index (χ2v) is 4.44. The second-order valence-electron chi connectivity index (χ2n) is 3.60. The molecule has 1 unspecified atom stereocenters. The Balaban J connectivity index is 2.09. The second kappa shape index (κ2) is 4.09. The first kappa shape index (κ1) is 9.65. The molecule has 2 rings (SSSR count). The summed E-state index contributed by atoms with van der Waals surface area (Å²) in [5.74, 6) is 1.44. The van der Waals surface area contributed by atoms with Gasteiger partial charge in [0.1, 0.15) is 5.78 Å². The fraction of sp³-hybridized carbons (Fsp3) is 0.600. The molecule has 0 aromatic carbocycles. The van der Waals surface area contributed by atoms with Crippen LogP contribution in [0.1, 0.15) is 36.5 Å². The van der Waals surface area contributed by atoms with Crippen LogP contribution >= 0.6 is 11.5 Å². The minimum absolute atomic E-state index is 0.383. The molecule has 1 aliphatic carbocycles. The van der Waals surface area contributed by atoms with Crippen LogP contribution in [0.4, 0.5) is 0 Å². The van der Waals surface area contributed by atoms with Crippen LogP contribution in [0, 0.1) is 0 Å². The summed E-state index contributed by atoms with van der Waals surface area (Å²) in [7, 11) is 1.62. The molecule has 1 saturated carbocycles. The van der Waals surface area contributed by atoms with E-state index < -0.39 is 0 Å². The third-order valence-electron chi connectivity index (χ3n) is 2.60. The summed E-state index contributed by atoms with van der Waals surface area (Å²) in [6, 6.07) is 1.95. The Hall–Kier alpha value is -0.900. The summed E-state index contributed by atoms with van der Waals surface area (Å²) in [5, 5.41) is 0. The first-order valence-electron chi connectivity index (χ1n) is 4.82. The maximum Gasteiger partial charge on any atom is 0.225 e. The lowest BCUT2D eigenvalue weighted by Crippen LogP contribution is -2.12. The third-order valence-corrected chi connectivity index (χ3v) is 3.53. The smallest absolute Gasteiger partial charge is 0.225 e. The lowest BCUT2D eigenvalue weighted by Gasteiger charge is -2.18. The lowest BCUT2D eigenvalue weighted by molar-refractivity contribution is -0.120. The molecule has 0 aliphatic heterocycles. The van der Waals surface area contributed by atoms with Gasteiger partial charge in [0, 0.05) is 29.7 Å². The van der Waals surface area contributed by atoms with Gasteiger partial charge >= 0.3 is 0 Å². The van der Waals surface area contributed by atoms with Crippen molar-refractivity contribution < 1.29 is 9.53 Å². The quantitative estimate of drug-likeness (QED) is 0.754. The Morgan fingerprint density at radius 3 is 3.14 bits per heavy atom. The molecule has 0 spiro atoms. The molecular weight excluding hydrogens is 198 g/mol. The van der Waals surface area contributed by atoms with Gasteiger partial charge in [-0.05, 0) is 24.4 Å². The van der Waals surface area contributed by atoms with Gasteiger partial charge in [0.2, 0.25) is 5.88 Å². The van der Waals surface area contributed by atoms with E-state index in [0.717, 1.165) is 19.3 Å². The van der Waals surface area contributed by atoms with Crippen LogP contribution in [-0.2, 0) is 4.79 Å². The molecule has 0 N–H and O–H groups in total. The van der Waals surface area contributed by atoms with E-state index in [1.54, 1.807) is 7.11 Å². The van der Waals surface area contributed by atoms with Gasteiger partial charge in [0.15, 0.2) is 0 Å².